The molecule has 0 amide bonds. The molecule has 2 N–H and O–H groups in total. The molecule has 0 saturated heterocycles. The van der Waals surface area contributed by atoms with Crippen molar-refractivity contribution in [2.45, 2.75) is 40.2 Å². The van der Waals surface area contributed by atoms with Crippen molar-refractivity contribution in [3.8, 4) is 0 Å². The number of anilines is 1. The van der Waals surface area contributed by atoms with Gasteiger partial charge in [-0.1, -0.05) is 0 Å². The van der Waals surface area contributed by atoms with Crippen molar-refractivity contribution < 1.29 is 0 Å². The van der Waals surface area contributed by atoms with Gasteiger partial charge in [-0.15, -0.1) is 0 Å². The monoisotopic (exact) mass is 219 g/mol. The van der Waals surface area contributed by atoms with Crippen LogP contribution in [0.4, 0.5) is 5.82 Å². The number of hydrogen-bond donors (Lipinski definition) is 1. The van der Waals surface area contributed by atoms with E-state index in [1.54, 1.807) is 0 Å². The third kappa shape index (κ3) is 1.52. The normalized spacial score (nSPS) is 12.3. The third-order valence-electron chi connectivity index (χ3n) is 2.48. The van der Waals surface area contributed by atoms with Crippen molar-refractivity contribution in [1.29, 1.82) is 0 Å². The topological polar surface area (TPSA) is 69.6 Å². The zero-order chi connectivity index (χ0) is 12.1. The lowest BCUT2D eigenvalue weighted by atomic mass is 10.1. The maximum atomic E-state index is 5.86. The van der Waals surface area contributed by atoms with Gasteiger partial charge in [-0.3, -0.25) is 0 Å². The largest absolute Gasteiger partial charge is 0.382 e. The molecule has 0 radical (unpaired) electrons. The summed E-state index contributed by atoms with van der Waals surface area (Å²) in [5, 5.41) is 0. The second kappa shape index (κ2) is 3.17. The van der Waals surface area contributed by atoms with E-state index in [1.165, 1.54) is 0 Å². The van der Waals surface area contributed by atoms with Crippen molar-refractivity contribution in [3.05, 3.63) is 11.6 Å². The summed E-state index contributed by atoms with van der Waals surface area (Å²) in [5.74, 6) is 2.04. The molecule has 0 unspecified atom stereocenters. The average Bonchev–Trinajstić information content (AvgIpc) is 2.40. The maximum Gasteiger partial charge on any atom is 0.166 e. The van der Waals surface area contributed by atoms with Crippen LogP contribution >= 0.6 is 0 Å². The highest BCUT2D eigenvalue weighted by atomic mass is 15.2. The molecule has 16 heavy (non-hydrogen) atoms. The van der Waals surface area contributed by atoms with E-state index >= 15 is 0 Å². The Kier molecular flexibility index (Phi) is 2.15. The molecule has 2 rings (SSSR count). The van der Waals surface area contributed by atoms with Crippen LogP contribution < -0.4 is 5.73 Å². The lowest BCUT2D eigenvalue weighted by Crippen LogP contribution is -2.23. The Labute approximate surface area is 94.7 Å². The molecule has 0 aliphatic rings. The quantitative estimate of drug-likeness (QED) is 0.733. The Hall–Kier alpha value is -1.65. The summed E-state index contributed by atoms with van der Waals surface area (Å²) in [6, 6.07) is 0. The van der Waals surface area contributed by atoms with Crippen molar-refractivity contribution in [2.24, 2.45) is 0 Å². The first-order valence-electron chi connectivity index (χ1n) is 5.30. The fraction of sp³-hybridized carbons (Fsp3) is 0.545. The van der Waals surface area contributed by atoms with Gasteiger partial charge in [-0.2, -0.15) is 0 Å². The van der Waals surface area contributed by atoms with Crippen LogP contribution in [0.15, 0.2) is 0 Å². The predicted octanol–water partition coefficient (Wildman–Crippen LogP) is 1.78. The summed E-state index contributed by atoms with van der Waals surface area (Å²) >= 11 is 0. The number of hydrogen-bond acceptors (Lipinski definition) is 4. The standard InChI is InChI=1S/C11H17N5/c1-6-13-9(12)8-10(14-6)16(7(2)15-8)11(3,4)5/h1-5H3,(H2,12,13,14). The van der Waals surface area contributed by atoms with Gasteiger partial charge in [0.05, 0.1) is 0 Å². The second-order valence-electron chi connectivity index (χ2n) is 4.99. The molecular formula is C11H17N5. The first-order chi connectivity index (χ1) is 7.30. The van der Waals surface area contributed by atoms with Crippen LogP contribution in [0.5, 0.6) is 0 Å². The fourth-order valence-corrected chi connectivity index (χ4v) is 2.00. The zero-order valence-corrected chi connectivity index (χ0v) is 10.4. The van der Waals surface area contributed by atoms with Crippen LogP contribution in [0, 0.1) is 13.8 Å². The highest BCUT2D eigenvalue weighted by Gasteiger charge is 2.21. The smallest absolute Gasteiger partial charge is 0.166 e. The average molecular weight is 219 g/mol. The number of nitrogen functional groups attached to an aromatic ring is 1. The number of nitrogens with zero attached hydrogens (tertiary/aromatic N) is 4. The second-order valence-corrected chi connectivity index (χ2v) is 4.99. The number of aromatic nitrogens is 4. The van der Waals surface area contributed by atoms with Crippen molar-refractivity contribution >= 4 is 17.0 Å². The van der Waals surface area contributed by atoms with Crippen molar-refractivity contribution in [2.75, 3.05) is 5.73 Å². The van der Waals surface area contributed by atoms with Gasteiger partial charge in [0, 0.05) is 5.54 Å². The molecule has 0 fully saturated rings. The molecule has 0 aliphatic heterocycles. The molecular weight excluding hydrogens is 202 g/mol. The molecule has 0 bridgehead atoms. The maximum absolute atomic E-state index is 5.86. The van der Waals surface area contributed by atoms with Gasteiger partial charge in [0.15, 0.2) is 17.0 Å². The van der Waals surface area contributed by atoms with Crippen LogP contribution in [-0.2, 0) is 5.54 Å². The molecule has 0 saturated carbocycles. The van der Waals surface area contributed by atoms with E-state index < -0.39 is 0 Å². The molecule has 2 aromatic heterocycles. The van der Waals surface area contributed by atoms with Gasteiger partial charge in [0.25, 0.3) is 0 Å². The number of nitrogens with two attached hydrogens (primary N) is 1. The summed E-state index contributed by atoms with van der Waals surface area (Å²) < 4.78 is 2.09. The predicted molar refractivity (Wildman–Crippen MR) is 64.2 cm³/mol. The lowest BCUT2D eigenvalue weighted by Gasteiger charge is -2.22. The minimum Gasteiger partial charge on any atom is -0.382 e. The first kappa shape index (κ1) is 10.9. The Balaban J connectivity index is 2.89. The Morgan fingerprint density at radius 3 is 2.25 bits per heavy atom. The minimum absolute atomic E-state index is 0.0634. The highest BCUT2D eigenvalue weighted by Crippen LogP contribution is 2.25. The van der Waals surface area contributed by atoms with E-state index in [2.05, 4.69) is 40.3 Å². The van der Waals surface area contributed by atoms with Gasteiger partial charge >= 0.3 is 0 Å². The third-order valence-corrected chi connectivity index (χ3v) is 2.48. The van der Waals surface area contributed by atoms with E-state index in [-0.39, 0.29) is 5.54 Å². The molecule has 0 spiro atoms. The number of aryl methyl sites for hydroxylation is 2. The van der Waals surface area contributed by atoms with Crippen LogP contribution in [0.25, 0.3) is 11.2 Å². The molecule has 2 aromatic rings. The minimum atomic E-state index is -0.0634. The van der Waals surface area contributed by atoms with Gasteiger partial charge < -0.3 is 10.3 Å². The zero-order valence-electron chi connectivity index (χ0n) is 10.4. The van der Waals surface area contributed by atoms with E-state index in [0.717, 1.165) is 11.5 Å². The summed E-state index contributed by atoms with van der Waals surface area (Å²) in [6.07, 6.45) is 0. The van der Waals surface area contributed by atoms with E-state index in [1.807, 2.05) is 13.8 Å². The highest BCUT2D eigenvalue weighted by molar-refractivity contribution is 5.82. The summed E-state index contributed by atoms with van der Waals surface area (Å²) in [5.41, 5.74) is 7.30. The Morgan fingerprint density at radius 1 is 1.06 bits per heavy atom. The fourth-order valence-electron chi connectivity index (χ4n) is 2.00. The number of fused-ring (bicyclic) bond motifs is 1. The lowest BCUT2D eigenvalue weighted by molar-refractivity contribution is 0.397. The molecule has 86 valence electrons. The summed E-state index contributed by atoms with van der Waals surface area (Å²) in [7, 11) is 0. The molecule has 0 atom stereocenters. The van der Waals surface area contributed by atoms with Crippen LogP contribution in [0.3, 0.4) is 0 Å². The van der Waals surface area contributed by atoms with Gasteiger partial charge in [-0.25, -0.2) is 15.0 Å². The Morgan fingerprint density at radius 2 is 1.69 bits per heavy atom. The Bertz CT molecular complexity index is 547. The van der Waals surface area contributed by atoms with Crippen LogP contribution in [0.1, 0.15) is 32.4 Å². The number of rotatable bonds is 0. The first-order valence-corrected chi connectivity index (χ1v) is 5.30. The molecule has 5 heteroatoms. The van der Waals surface area contributed by atoms with Gasteiger partial charge in [0.1, 0.15) is 11.6 Å². The van der Waals surface area contributed by atoms with E-state index in [4.69, 9.17) is 5.73 Å². The van der Waals surface area contributed by atoms with E-state index in [0.29, 0.717) is 17.2 Å². The van der Waals surface area contributed by atoms with Gasteiger partial charge in [0.2, 0.25) is 0 Å². The van der Waals surface area contributed by atoms with Crippen molar-refractivity contribution in [1.82, 2.24) is 19.5 Å². The summed E-state index contributed by atoms with van der Waals surface area (Å²) in [6.45, 7) is 10.2. The van der Waals surface area contributed by atoms with Crippen molar-refractivity contribution in [3.63, 3.8) is 0 Å². The SMILES string of the molecule is Cc1nc(N)c2nc(C)n(C(C)(C)C)c2n1. The molecule has 0 aromatic carbocycles. The number of imidazole rings is 1. The molecule has 5 nitrogen and oxygen atoms in total. The summed E-state index contributed by atoms with van der Waals surface area (Å²) in [4.78, 5) is 13.0. The molecule has 2 heterocycles. The van der Waals surface area contributed by atoms with Gasteiger partial charge in [-0.05, 0) is 34.6 Å². The van der Waals surface area contributed by atoms with Crippen LogP contribution in [-0.4, -0.2) is 19.5 Å². The van der Waals surface area contributed by atoms with E-state index in [9.17, 15) is 0 Å². The molecule has 0 aliphatic carbocycles. The van der Waals surface area contributed by atoms with Crippen LogP contribution in [0.2, 0.25) is 0 Å².